The fourth-order valence-corrected chi connectivity index (χ4v) is 2.83. The Hall–Kier alpha value is -0.450. The molecule has 0 bridgehead atoms. The van der Waals surface area contributed by atoms with Gasteiger partial charge in [-0.1, -0.05) is 6.92 Å². The average Bonchev–Trinajstić information content (AvgIpc) is 2.74. The van der Waals surface area contributed by atoms with E-state index in [1.807, 2.05) is 0 Å². The van der Waals surface area contributed by atoms with Gasteiger partial charge in [0.1, 0.15) is 0 Å². The zero-order chi connectivity index (χ0) is 12.3. The van der Waals surface area contributed by atoms with Crippen LogP contribution in [-0.2, 0) is 4.74 Å². The lowest BCUT2D eigenvalue weighted by Gasteiger charge is -2.34. The lowest BCUT2D eigenvalue weighted by Crippen LogP contribution is -2.37. The minimum atomic E-state index is 0.347. The van der Waals surface area contributed by atoms with Crippen molar-refractivity contribution >= 4 is 11.3 Å². The van der Waals surface area contributed by atoms with Crippen molar-refractivity contribution in [3.8, 4) is 0 Å². The van der Waals surface area contributed by atoms with E-state index in [4.69, 9.17) is 4.74 Å². The van der Waals surface area contributed by atoms with Gasteiger partial charge in [0.15, 0.2) is 0 Å². The van der Waals surface area contributed by atoms with Crippen LogP contribution in [0.3, 0.4) is 0 Å². The van der Waals surface area contributed by atoms with Crippen molar-refractivity contribution in [3.63, 3.8) is 0 Å². The van der Waals surface area contributed by atoms with E-state index in [9.17, 15) is 0 Å². The van der Waals surface area contributed by atoms with Crippen molar-refractivity contribution < 1.29 is 4.74 Å². The van der Waals surface area contributed by atoms with E-state index in [1.54, 1.807) is 11.3 Å². The number of rotatable bonds is 4. The molecule has 1 saturated heterocycles. The Morgan fingerprint density at radius 3 is 2.82 bits per heavy atom. The normalized spacial score (nSPS) is 21.4. The first-order valence-electron chi connectivity index (χ1n) is 6.32. The van der Waals surface area contributed by atoms with E-state index in [0.717, 1.165) is 37.6 Å². The number of thiazole rings is 1. The minimum Gasteiger partial charge on any atom is -0.381 e. The van der Waals surface area contributed by atoms with Gasteiger partial charge in [0.2, 0.25) is 0 Å². The monoisotopic (exact) mass is 254 g/mol. The largest absolute Gasteiger partial charge is 0.381 e. The minimum absolute atomic E-state index is 0.347. The predicted octanol–water partition coefficient (Wildman–Crippen LogP) is 2.92. The van der Waals surface area contributed by atoms with Crippen LogP contribution in [0.1, 0.15) is 43.4 Å². The van der Waals surface area contributed by atoms with Crippen LogP contribution < -0.4 is 5.32 Å². The van der Waals surface area contributed by atoms with Crippen molar-refractivity contribution in [3.05, 3.63) is 16.1 Å². The average molecular weight is 254 g/mol. The summed E-state index contributed by atoms with van der Waals surface area (Å²) in [6, 6.07) is 0.347. The molecule has 96 valence electrons. The van der Waals surface area contributed by atoms with Gasteiger partial charge < -0.3 is 10.1 Å². The number of ether oxygens (including phenoxy) is 1. The molecule has 0 aromatic carbocycles. The van der Waals surface area contributed by atoms with Crippen molar-refractivity contribution in [1.82, 2.24) is 10.3 Å². The van der Waals surface area contributed by atoms with Gasteiger partial charge in [-0.15, -0.1) is 11.3 Å². The van der Waals surface area contributed by atoms with Gasteiger partial charge in [0, 0.05) is 31.2 Å². The molecule has 0 amide bonds. The van der Waals surface area contributed by atoms with Gasteiger partial charge in [-0.2, -0.15) is 0 Å². The maximum absolute atomic E-state index is 5.42. The Morgan fingerprint density at radius 2 is 2.24 bits per heavy atom. The summed E-state index contributed by atoms with van der Waals surface area (Å²) in [5.41, 5.74) is 1.56. The summed E-state index contributed by atoms with van der Waals surface area (Å²) in [6.07, 6.45) is 2.31. The van der Waals surface area contributed by atoms with E-state index in [2.05, 4.69) is 36.5 Å². The third-order valence-electron chi connectivity index (χ3n) is 3.62. The summed E-state index contributed by atoms with van der Waals surface area (Å²) in [5, 5.41) is 6.91. The SMILES string of the molecule is Cc1nc(C(C)NCC2(C)CCOCC2)cs1. The highest BCUT2D eigenvalue weighted by atomic mass is 32.1. The fourth-order valence-electron chi connectivity index (χ4n) is 2.12. The van der Waals surface area contributed by atoms with E-state index >= 15 is 0 Å². The van der Waals surface area contributed by atoms with Crippen molar-refractivity contribution in [2.75, 3.05) is 19.8 Å². The molecule has 1 fully saturated rings. The predicted molar refractivity (Wildman–Crippen MR) is 71.4 cm³/mol. The highest BCUT2D eigenvalue weighted by molar-refractivity contribution is 7.09. The summed E-state index contributed by atoms with van der Waals surface area (Å²) in [6.45, 7) is 9.46. The van der Waals surface area contributed by atoms with Crippen LogP contribution in [0.25, 0.3) is 0 Å². The Balaban J connectivity index is 1.85. The molecule has 1 aliphatic rings. The second-order valence-electron chi connectivity index (χ2n) is 5.32. The van der Waals surface area contributed by atoms with Crippen molar-refractivity contribution in [2.45, 2.75) is 39.7 Å². The lowest BCUT2D eigenvalue weighted by molar-refractivity contribution is 0.0230. The molecule has 3 nitrogen and oxygen atoms in total. The molecule has 1 aromatic rings. The second-order valence-corrected chi connectivity index (χ2v) is 6.38. The zero-order valence-corrected chi connectivity index (χ0v) is 11.8. The summed E-state index contributed by atoms with van der Waals surface area (Å²) in [4.78, 5) is 4.53. The summed E-state index contributed by atoms with van der Waals surface area (Å²) >= 11 is 1.72. The van der Waals surface area contributed by atoms with E-state index < -0.39 is 0 Å². The van der Waals surface area contributed by atoms with Gasteiger partial charge in [-0.25, -0.2) is 4.98 Å². The smallest absolute Gasteiger partial charge is 0.0898 e. The van der Waals surface area contributed by atoms with Crippen LogP contribution in [-0.4, -0.2) is 24.7 Å². The summed E-state index contributed by atoms with van der Waals surface area (Å²) < 4.78 is 5.42. The van der Waals surface area contributed by atoms with Crippen molar-refractivity contribution in [1.29, 1.82) is 0 Å². The maximum Gasteiger partial charge on any atom is 0.0898 e. The summed E-state index contributed by atoms with van der Waals surface area (Å²) in [5.74, 6) is 0. The first-order valence-corrected chi connectivity index (χ1v) is 7.20. The molecule has 0 spiro atoms. The van der Waals surface area contributed by atoms with Gasteiger partial charge in [-0.3, -0.25) is 0 Å². The van der Waals surface area contributed by atoms with Crippen LogP contribution >= 0.6 is 11.3 Å². The molecule has 1 unspecified atom stereocenters. The number of nitrogens with one attached hydrogen (secondary N) is 1. The number of hydrogen-bond acceptors (Lipinski definition) is 4. The first kappa shape index (κ1) is 13.0. The van der Waals surface area contributed by atoms with Gasteiger partial charge in [-0.05, 0) is 32.1 Å². The molecule has 0 aliphatic carbocycles. The molecule has 1 aromatic heterocycles. The third kappa shape index (κ3) is 3.50. The third-order valence-corrected chi connectivity index (χ3v) is 4.41. The number of hydrogen-bond donors (Lipinski definition) is 1. The topological polar surface area (TPSA) is 34.2 Å². The molecule has 2 rings (SSSR count). The molecule has 2 heterocycles. The molecule has 17 heavy (non-hydrogen) atoms. The molecule has 4 heteroatoms. The molecule has 1 aliphatic heterocycles. The Labute approximate surface area is 108 Å². The van der Waals surface area contributed by atoms with Crippen LogP contribution in [0.2, 0.25) is 0 Å². The number of aryl methyl sites for hydroxylation is 1. The summed E-state index contributed by atoms with van der Waals surface area (Å²) in [7, 11) is 0. The maximum atomic E-state index is 5.42. The van der Waals surface area contributed by atoms with E-state index in [-0.39, 0.29) is 0 Å². The van der Waals surface area contributed by atoms with Crippen LogP contribution in [0.5, 0.6) is 0 Å². The number of nitrogens with zero attached hydrogens (tertiary/aromatic N) is 1. The van der Waals surface area contributed by atoms with E-state index in [0.29, 0.717) is 11.5 Å². The van der Waals surface area contributed by atoms with Crippen LogP contribution in [0.15, 0.2) is 5.38 Å². The van der Waals surface area contributed by atoms with Gasteiger partial charge >= 0.3 is 0 Å². The molecule has 0 radical (unpaired) electrons. The van der Waals surface area contributed by atoms with Gasteiger partial charge in [0.05, 0.1) is 10.7 Å². The molecular formula is C13H22N2OS. The Kier molecular flexibility index (Phi) is 4.17. The zero-order valence-electron chi connectivity index (χ0n) is 11.0. The fraction of sp³-hybridized carbons (Fsp3) is 0.769. The molecular weight excluding hydrogens is 232 g/mol. The molecule has 1 atom stereocenters. The second kappa shape index (κ2) is 5.46. The van der Waals surface area contributed by atoms with Crippen molar-refractivity contribution in [2.24, 2.45) is 5.41 Å². The molecule has 0 saturated carbocycles. The number of aromatic nitrogens is 1. The molecule has 1 N–H and O–H groups in total. The highest BCUT2D eigenvalue weighted by Crippen LogP contribution is 2.29. The highest BCUT2D eigenvalue weighted by Gasteiger charge is 2.27. The Bertz CT molecular complexity index is 358. The lowest BCUT2D eigenvalue weighted by atomic mass is 9.82. The first-order chi connectivity index (χ1) is 8.09. The standard InChI is InChI=1S/C13H22N2OS/c1-10(12-8-17-11(2)15-12)14-9-13(3)4-6-16-7-5-13/h8,10,14H,4-7,9H2,1-3H3. The van der Waals surface area contributed by atoms with Gasteiger partial charge in [0.25, 0.3) is 0 Å². The van der Waals surface area contributed by atoms with Crippen LogP contribution in [0.4, 0.5) is 0 Å². The van der Waals surface area contributed by atoms with Crippen LogP contribution in [0, 0.1) is 12.3 Å². The van der Waals surface area contributed by atoms with E-state index in [1.165, 1.54) is 5.69 Å². The quantitative estimate of drug-likeness (QED) is 0.897. The Morgan fingerprint density at radius 1 is 1.53 bits per heavy atom.